The summed E-state index contributed by atoms with van der Waals surface area (Å²) in [5, 5.41) is 16.8. The van der Waals surface area contributed by atoms with Crippen molar-refractivity contribution in [2.75, 3.05) is 11.9 Å². The van der Waals surface area contributed by atoms with Crippen LogP contribution in [0.25, 0.3) is 11.3 Å². The zero-order valence-electron chi connectivity index (χ0n) is 16.8. The van der Waals surface area contributed by atoms with Gasteiger partial charge in [-0.15, -0.1) is 0 Å². The third kappa shape index (κ3) is 4.17. The molecule has 30 heavy (non-hydrogen) atoms. The molecule has 1 aromatic carbocycles. The molecular formula is C22H24ClN5O2. The lowest BCUT2D eigenvalue weighted by atomic mass is 9.88. The van der Waals surface area contributed by atoms with Gasteiger partial charge in [-0.2, -0.15) is 0 Å². The van der Waals surface area contributed by atoms with E-state index in [-0.39, 0.29) is 17.9 Å². The molecule has 3 aromatic rings. The molecule has 1 saturated heterocycles. The van der Waals surface area contributed by atoms with Crippen LogP contribution in [0.1, 0.15) is 37.2 Å². The standard InChI is InChI=1S/C22H24ClN5O2/c1-12(17-7-8-18(27-17)14-3-5-15(23)6-4-14)26-22-24-10-9-19(28-22)20-16(13(2)29)11-25-21(20)30/h3-10,12-13,16,20,27,29H,11H2,1-2H3,(H,25,30)(H,24,26,28)/t12-,13+,16?,20+/m0/s1. The normalized spacial score (nSPS) is 20.6. The Bertz CT molecular complexity index is 1030. The van der Waals surface area contributed by atoms with Gasteiger partial charge in [-0.25, -0.2) is 9.97 Å². The van der Waals surface area contributed by atoms with Crippen molar-refractivity contribution < 1.29 is 9.90 Å². The number of carbonyl (C=O) groups is 1. The second kappa shape index (κ2) is 8.45. The number of aromatic nitrogens is 3. The van der Waals surface area contributed by atoms with E-state index in [9.17, 15) is 9.90 Å². The van der Waals surface area contributed by atoms with Gasteiger partial charge in [0.2, 0.25) is 11.9 Å². The van der Waals surface area contributed by atoms with Gasteiger partial charge in [-0.3, -0.25) is 4.79 Å². The van der Waals surface area contributed by atoms with E-state index in [0.717, 1.165) is 17.0 Å². The Morgan fingerprint density at radius 2 is 1.93 bits per heavy atom. The molecule has 2 aromatic heterocycles. The summed E-state index contributed by atoms with van der Waals surface area (Å²) < 4.78 is 0. The summed E-state index contributed by atoms with van der Waals surface area (Å²) in [4.78, 5) is 24.6. The Kier molecular flexibility index (Phi) is 5.74. The van der Waals surface area contributed by atoms with Crippen LogP contribution in [0.4, 0.5) is 5.95 Å². The predicted molar refractivity (Wildman–Crippen MR) is 116 cm³/mol. The van der Waals surface area contributed by atoms with Crippen LogP contribution in [0.15, 0.2) is 48.7 Å². The number of nitrogens with zero attached hydrogens (tertiary/aromatic N) is 2. The van der Waals surface area contributed by atoms with Crippen molar-refractivity contribution in [2.24, 2.45) is 5.92 Å². The number of H-pyrrole nitrogens is 1. The average molecular weight is 426 g/mol. The Balaban J connectivity index is 1.50. The van der Waals surface area contributed by atoms with Crippen LogP contribution in [-0.2, 0) is 4.79 Å². The number of hydrogen-bond donors (Lipinski definition) is 4. The molecule has 1 unspecified atom stereocenters. The molecule has 4 atom stereocenters. The first-order valence-electron chi connectivity index (χ1n) is 9.92. The molecule has 0 bridgehead atoms. The number of amides is 1. The minimum Gasteiger partial charge on any atom is -0.393 e. The highest BCUT2D eigenvalue weighted by Gasteiger charge is 2.39. The number of aromatic amines is 1. The molecule has 4 N–H and O–H groups in total. The van der Waals surface area contributed by atoms with E-state index in [2.05, 4.69) is 25.6 Å². The molecule has 1 fully saturated rings. The summed E-state index contributed by atoms with van der Waals surface area (Å²) in [6, 6.07) is 13.3. The number of hydrogen-bond acceptors (Lipinski definition) is 5. The van der Waals surface area contributed by atoms with E-state index in [0.29, 0.717) is 23.2 Å². The summed E-state index contributed by atoms with van der Waals surface area (Å²) in [7, 11) is 0. The topological polar surface area (TPSA) is 103 Å². The van der Waals surface area contributed by atoms with Gasteiger partial charge < -0.3 is 20.7 Å². The summed E-state index contributed by atoms with van der Waals surface area (Å²) in [5.41, 5.74) is 3.63. The number of aliphatic hydroxyl groups is 1. The minimum absolute atomic E-state index is 0.0775. The zero-order valence-corrected chi connectivity index (χ0v) is 17.5. The number of halogens is 1. The zero-order chi connectivity index (χ0) is 21.3. The lowest BCUT2D eigenvalue weighted by Gasteiger charge is -2.19. The van der Waals surface area contributed by atoms with E-state index in [1.807, 2.05) is 43.3 Å². The number of rotatable bonds is 6. The van der Waals surface area contributed by atoms with E-state index in [4.69, 9.17) is 11.6 Å². The Morgan fingerprint density at radius 1 is 1.17 bits per heavy atom. The molecule has 1 aliphatic rings. The van der Waals surface area contributed by atoms with Gasteiger partial charge in [0.1, 0.15) is 0 Å². The van der Waals surface area contributed by atoms with Crippen molar-refractivity contribution >= 4 is 23.5 Å². The highest BCUT2D eigenvalue weighted by Crippen LogP contribution is 2.31. The van der Waals surface area contributed by atoms with E-state index in [1.165, 1.54) is 0 Å². The minimum atomic E-state index is -0.607. The smallest absolute Gasteiger partial charge is 0.229 e. The Morgan fingerprint density at radius 3 is 2.67 bits per heavy atom. The van der Waals surface area contributed by atoms with E-state index < -0.39 is 12.0 Å². The fourth-order valence-corrected chi connectivity index (χ4v) is 3.92. The van der Waals surface area contributed by atoms with Gasteiger partial charge >= 0.3 is 0 Å². The lowest BCUT2D eigenvalue weighted by molar-refractivity contribution is -0.121. The highest BCUT2D eigenvalue weighted by molar-refractivity contribution is 6.30. The molecule has 0 radical (unpaired) electrons. The molecule has 4 rings (SSSR count). The summed E-state index contributed by atoms with van der Waals surface area (Å²) in [5.74, 6) is -0.365. The number of carbonyl (C=O) groups excluding carboxylic acids is 1. The predicted octanol–water partition coefficient (Wildman–Crippen LogP) is 3.51. The Hall–Kier alpha value is -2.90. The number of aliphatic hydroxyl groups excluding tert-OH is 1. The summed E-state index contributed by atoms with van der Waals surface area (Å²) in [6.07, 6.45) is 1.03. The van der Waals surface area contributed by atoms with E-state index in [1.54, 1.807) is 19.2 Å². The summed E-state index contributed by atoms with van der Waals surface area (Å²) >= 11 is 5.97. The molecule has 0 spiro atoms. The second-order valence-corrected chi connectivity index (χ2v) is 8.07. The first-order valence-corrected chi connectivity index (χ1v) is 10.3. The highest BCUT2D eigenvalue weighted by atomic mass is 35.5. The van der Waals surface area contributed by atoms with Crippen molar-refractivity contribution in [2.45, 2.75) is 31.9 Å². The van der Waals surface area contributed by atoms with Crippen molar-refractivity contribution in [1.82, 2.24) is 20.3 Å². The number of benzene rings is 1. The molecule has 156 valence electrons. The molecule has 0 saturated carbocycles. The van der Waals surface area contributed by atoms with Gasteiger partial charge in [-0.05, 0) is 49.7 Å². The van der Waals surface area contributed by atoms with Crippen molar-refractivity contribution in [3.05, 3.63) is 65.1 Å². The summed E-state index contributed by atoms with van der Waals surface area (Å²) in [6.45, 7) is 4.15. The molecule has 3 heterocycles. The molecule has 1 aliphatic heterocycles. The third-order valence-corrected chi connectivity index (χ3v) is 5.77. The van der Waals surface area contributed by atoms with Crippen LogP contribution in [0, 0.1) is 5.92 Å². The van der Waals surface area contributed by atoms with Crippen LogP contribution < -0.4 is 10.6 Å². The van der Waals surface area contributed by atoms with Crippen LogP contribution >= 0.6 is 11.6 Å². The van der Waals surface area contributed by atoms with Gasteiger partial charge in [0, 0.05) is 35.1 Å². The maximum absolute atomic E-state index is 12.3. The first kappa shape index (κ1) is 20.4. The molecule has 1 amide bonds. The average Bonchev–Trinajstić information content (AvgIpc) is 3.36. The van der Waals surface area contributed by atoms with Crippen molar-refractivity contribution in [1.29, 1.82) is 0 Å². The largest absolute Gasteiger partial charge is 0.393 e. The maximum Gasteiger partial charge on any atom is 0.229 e. The van der Waals surface area contributed by atoms with Crippen LogP contribution in [-0.4, -0.2) is 38.6 Å². The van der Waals surface area contributed by atoms with Crippen molar-refractivity contribution in [3.63, 3.8) is 0 Å². The van der Waals surface area contributed by atoms with Crippen LogP contribution in [0.3, 0.4) is 0 Å². The second-order valence-electron chi connectivity index (χ2n) is 7.63. The van der Waals surface area contributed by atoms with Gasteiger partial charge in [0.25, 0.3) is 0 Å². The third-order valence-electron chi connectivity index (χ3n) is 5.51. The van der Waals surface area contributed by atoms with Gasteiger partial charge in [-0.1, -0.05) is 23.7 Å². The molecule has 8 heteroatoms. The number of anilines is 1. The molecule has 0 aliphatic carbocycles. The van der Waals surface area contributed by atoms with Gasteiger partial charge in [0.15, 0.2) is 0 Å². The maximum atomic E-state index is 12.3. The fraction of sp³-hybridized carbons (Fsp3) is 0.318. The first-order chi connectivity index (χ1) is 14.4. The van der Waals surface area contributed by atoms with E-state index >= 15 is 0 Å². The molecular weight excluding hydrogens is 402 g/mol. The van der Waals surface area contributed by atoms with Crippen LogP contribution in [0.5, 0.6) is 0 Å². The van der Waals surface area contributed by atoms with Crippen molar-refractivity contribution in [3.8, 4) is 11.3 Å². The van der Waals surface area contributed by atoms with Gasteiger partial charge in [0.05, 0.1) is 23.8 Å². The lowest BCUT2D eigenvalue weighted by Crippen LogP contribution is -2.25. The Labute approximate surface area is 179 Å². The monoisotopic (exact) mass is 425 g/mol. The fourth-order valence-electron chi connectivity index (χ4n) is 3.79. The number of nitrogens with one attached hydrogen (secondary N) is 3. The quantitative estimate of drug-likeness (QED) is 0.484. The van der Waals surface area contributed by atoms with Crippen LogP contribution in [0.2, 0.25) is 5.02 Å². The molecule has 7 nitrogen and oxygen atoms in total. The SMILES string of the molecule is C[C@H](Nc1nccc([C@@H]2C(=O)NCC2[C@@H](C)O)n1)c1ccc(-c2ccc(Cl)cc2)[nH]1.